The number of rotatable bonds is 9. The second kappa shape index (κ2) is 11.3. The zero-order valence-electron chi connectivity index (χ0n) is 15.0. The number of aliphatic imine (C=N–C) groups is 1. The molecule has 142 valence electrons. The molecule has 0 aliphatic heterocycles. The average Bonchev–Trinajstić information content (AvgIpc) is 2.61. The van der Waals surface area contributed by atoms with Crippen LogP contribution in [0, 0.1) is 5.92 Å². The minimum absolute atomic E-state index is 0.0660. The number of carbonyl (C=O) groups excluding carboxylic acids is 3. The Morgan fingerprint density at radius 3 is 2.23 bits per heavy atom. The second-order valence-electron chi connectivity index (χ2n) is 5.03. The van der Waals surface area contributed by atoms with Crippen molar-refractivity contribution in [1.82, 2.24) is 0 Å². The van der Waals surface area contributed by atoms with E-state index in [0.717, 1.165) is 6.21 Å². The van der Waals surface area contributed by atoms with Crippen LogP contribution in [0.3, 0.4) is 0 Å². The zero-order valence-corrected chi connectivity index (χ0v) is 15.7. The van der Waals surface area contributed by atoms with Gasteiger partial charge < -0.3 is 14.2 Å². The van der Waals surface area contributed by atoms with Crippen LogP contribution in [0.5, 0.6) is 0 Å². The van der Waals surface area contributed by atoms with E-state index in [-0.39, 0.29) is 36.1 Å². The first-order valence-electron chi connectivity index (χ1n) is 8.29. The molecule has 0 atom stereocenters. The lowest BCUT2D eigenvalue weighted by atomic mass is 10.1. The van der Waals surface area contributed by atoms with Gasteiger partial charge in [0.2, 0.25) is 0 Å². The lowest BCUT2D eigenvalue weighted by Crippen LogP contribution is -2.29. The summed E-state index contributed by atoms with van der Waals surface area (Å²) >= 11 is 6.20. The molecule has 0 N–H and O–H groups in total. The monoisotopic (exact) mass is 383 g/mol. The summed E-state index contributed by atoms with van der Waals surface area (Å²) in [6, 6.07) is 4.63. The quantitative estimate of drug-likeness (QED) is 0.281. The maximum atomic E-state index is 12.0. The molecule has 1 rings (SSSR count). The summed E-state index contributed by atoms with van der Waals surface area (Å²) < 4.78 is 14.8. The number of carbonyl (C=O) groups is 3. The lowest BCUT2D eigenvalue weighted by Gasteiger charge is -2.10. The summed E-state index contributed by atoms with van der Waals surface area (Å²) in [7, 11) is 0. The highest BCUT2D eigenvalue weighted by molar-refractivity contribution is 6.36. The summed E-state index contributed by atoms with van der Waals surface area (Å²) in [6.07, 6.45) is 1.78. The Balaban J connectivity index is 3.07. The number of hydrogen-bond acceptors (Lipinski definition) is 7. The number of esters is 3. The van der Waals surface area contributed by atoms with Crippen molar-refractivity contribution in [2.24, 2.45) is 10.9 Å². The van der Waals surface area contributed by atoms with Gasteiger partial charge in [0.05, 0.1) is 36.1 Å². The van der Waals surface area contributed by atoms with Crippen LogP contribution in [0.2, 0.25) is 5.02 Å². The molecular weight excluding hydrogens is 362 g/mol. The predicted octanol–water partition coefficient (Wildman–Crippen LogP) is 3.35. The Labute approximate surface area is 157 Å². The molecule has 0 saturated heterocycles. The van der Waals surface area contributed by atoms with Gasteiger partial charge in [0, 0.05) is 6.21 Å². The normalized spacial score (nSPS) is 10.8. The molecule has 0 radical (unpaired) electrons. The van der Waals surface area contributed by atoms with E-state index in [2.05, 4.69) is 4.99 Å². The summed E-state index contributed by atoms with van der Waals surface area (Å²) in [6.45, 7) is 5.63. The van der Waals surface area contributed by atoms with Crippen LogP contribution < -0.4 is 0 Å². The van der Waals surface area contributed by atoms with Crippen LogP contribution in [0.25, 0.3) is 0 Å². The van der Waals surface area contributed by atoms with Crippen LogP contribution in [0.15, 0.2) is 23.2 Å². The van der Waals surface area contributed by atoms with Crippen molar-refractivity contribution >= 4 is 41.4 Å². The molecule has 26 heavy (non-hydrogen) atoms. The molecule has 1 aromatic rings. The molecule has 0 fully saturated rings. The van der Waals surface area contributed by atoms with Gasteiger partial charge in [-0.2, -0.15) is 0 Å². The van der Waals surface area contributed by atoms with Crippen molar-refractivity contribution in [2.75, 3.05) is 19.8 Å². The Bertz CT molecular complexity index is 656. The van der Waals surface area contributed by atoms with Gasteiger partial charge in [0.1, 0.15) is 0 Å². The SMILES string of the molecule is CCCOC(=O)c1cccc(N=CC(C(=O)OCC)C(=O)OCC)c1Cl. The Kier molecular flexibility index (Phi) is 9.36. The highest BCUT2D eigenvalue weighted by Gasteiger charge is 2.28. The van der Waals surface area contributed by atoms with Crippen LogP contribution in [-0.4, -0.2) is 43.9 Å². The van der Waals surface area contributed by atoms with Gasteiger partial charge in [0.15, 0.2) is 5.92 Å². The largest absolute Gasteiger partial charge is 0.465 e. The van der Waals surface area contributed by atoms with Gasteiger partial charge in [0.25, 0.3) is 0 Å². The van der Waals surface area contributed by atoms with Gasteiger partial charge in [-0.05, 0) is 32.4 Å². The van der Waals surface area contributed by atoms with Gasteiger partial charge in [-0.15, -0.1) is 0 Å². The first-order chi connectivity index (χ1) is 12.5. The fraction of sp³-hybridized carbons (Fsp3) is 0.444. The third-order valence-electron chi connectivity index (χ3n) is 3.08. The summed E-state index contributed by atoms with van der Waals surface area (Å²) in [4.78, 5) is 39.9. The van der Waals surface area contributed by atoms with E-state index >= 15 is 0 Å². The Hall–Kier alpha value is -2.41. The summed E-state index contributed by atoms with van der Waals surface area (Å²) in [5.41, 5.74) is 0.370. The van der Waals surface area contributed by atoms with Gasteiger partial charge >= 0.3 is 17.9 Å². The van der Waals surface area contributed by atoms with Crippen LogP contribution in [0.4, 0.5) is 5.69 Å². The van der Waals surface area contributed by atoms with Crippen molar-refractivity contribution in [2.45, 2.75) is 27.2 Å². The Morgan fingerprint density at radius 2 is 1.69 bits per heavy atom. The van der Waals surface area contributed by atoms with Crippen LogP contribution >= 0.6 is 11.6 Å². The van der Waals surface area contributed by atoms with Gasteiger partial charge in [-0.3, -0.25) is 14.6 Å². The molecule has 0 aromatic heterocycles. The molecule has 1 aromatic carbocycles. The number of benzene rings is 1. The smallest absolute Gasteiger partial charge is 0.339 e. The average molecular weight is 384 g/mol. The van der Waals surface area contributed by atoms with Crippen molar-refractivity contribution in [3.63, 3.8) is 0 Å². The standard InChI is InChI=1S/C18H22ClNO6/c1-4-10-26-16(21)12-8-7-9-14(15(12)19)20-11-13(17(22)24-5-2)18(23)25-6-3/h7-9,11,13H,4-6,10H2,1-3H3. The molecule has 0 spiro atoms. The zero-order chi connectivity index (χ0) is 19.5. The fourth-order valence-corrected chi connectivity index (χ4v) is 2.14. The molecule has 0 heterocycles. The van der Waals surface area contributed by atoms with E-state index in [1.807, 2.05) is 6.92 Å². The predicted molar refractivity (Wildman–Crippen MR) is 96.9 cm³/mol. The molecule has 0 aliphatic rings. The van der Waals surface area contributed by atoms with Gasteiger partial charge in [-0.25, -0.2) is 4.79 Å². The van der Waals surface area contributed by atoms with Crippen molar-refractivity contribution < 1.29 is 28.6 Å². The molecule has 7 nitrogen and oxygen atoms in total. The van der Waals surface area contributed by atoms with E-state index < -0.39 is 23.8 Å². The van der Waals surface area contributed by atoms with E-state index in [1.165, 1.54) is 6.07 Å². The highest BCUT2D eigenvalue weighted by Crippen LogP contribution is 2.29. The molecule has 0 aliphatic carbocycles. The van der Waals surface area contributed by atoms with Crippen LogP contribution in [-0.2, 0) is 23.8 Å². The minimum Gasteiger partial charge on any atom is -0.465 e. The maximum absolute atomic E-state index is 12.0. The summed E-state index contributed by atoms with van der Waals surface area (Å²) in [5.74, 6) is -3.43. The molecular formula is C18H22ClNO6. The summed E-state index contributed by atoms with van der Waals surface area (Å²) in [5, 5.41) is 0.0660. The number of nitrogens with zero attached hydrogens (tertiary/aromatic N) is 1. The van der Waals surface area contributed by atoms with Crippen molar-refractivity contribution in [1.29, 1.82) is 0 Å². The van der Waals surface area contributed by atoms with E-state index in [0.29, 0.717) is 6.42 Å². The molecule has 0 saturated carbocycles. The Morgan fingerprint density at radius 1 is 1.08 bits per heavy atom. The first kappa shape index (κ1) is 21.6. The number of halogens is 1. The molecule has 0 bridgehead atoms. The molecule has 0 amide bonds. The topological polar surface area (TPSA) is 91.3 Å². The fourth-order valence-electron chi connectivity index (χ4n) is 1.89. The highest BCUT2D eigenvalue weighted by atomic mass is 35.5. The molecule has 8 heteroatoms. The second-order valence-corrected chi connectivity index (χ2v) is 5.41. The van der Waals surface area contributed by atoms with E-state index in [9.17, 15) is 14.4 Å². The van der Waals surface area contributed by atoms with E-state index in [4.69, 9.17) is 25.8 Å². The number of hydrogen-bond donors (Lipinski definition) is 0. The third kappa shape index (κ3) is 6.15. The molecule has 0 unspecified atom stereocenters. The van der Waals surface area contributed by atoms with Gasteiger partial charge in [-0.1, -0.05) is 24.6 Å². The maximum Gasteiger partial charge on any atom is 0.339 e. The third-order valence-corrected chi connectivity index (χ3v) is 3.48. The lowest BCUT2D eigenvalue weighted by molar-refractivity contribution is -0.157. The minimum atomic E-state index is -1.32. The van der Waals surface area contributed by atoms with E-state index in [1.54, 1.807) is 26.0 Å². The first-order valence-corrected chi connectivity index (χ1v) is 8.67. The van der Waals surface area contributed by atoms with Crippen LogP contribution in [0.1, 0.15) is 37.6 Å². The number of ether oxygens (including phenoxy) is 3. The van der Waals surface area contributed by atoms with Crippen molar-refractivity contribution in [3.8, 4) is 0 Å². The van der Waals surface area contributed by atoms with Crippen molar-refractivity contribution in [3.05, 3.63) is 28.8 Å².